The molecule has 0 heterocycles. The third kappa shape index (κ3) is 4.37. The van der Waals surface area contributed by atoms with E-state index in [9.17, 15) is 0 Å². The first-order valence-corrected chi connectivity index (χ1v) is 4.95. The third-order valence-corrected chi connectivity index (χ3v) is 1.87. The van der Waals surface area contributed by atoms with Crippen molar-refractivity contribution < 1.29 is 4.74 Å². The summed E-state index contributed by atoms with van der Waals surface area (Å²) in [6.07, 6.45) is 6.99. The van der Waals surface area contributed by atoms with Gasteiger partial charge in [-0.25, -0.2) is 0 Å². The fourth-order valence-electron chi connectivity index (χ4n) is 1.05. The molecule has 0 unspecified atom stereocenters. The maximum absolute atomic E-state index is 5.67. The summed E-state index contributed by atoms with van der Waals surface area (Å²) in [6.45, 7) is 3.98. The van der Waals surface area contributed by atoms with Gasteiger partial charge in [0.25, 0.3) is 0 Å². The van der Waals surface area contributed by atoms with Crippen molar-refractivity contribution in [1.29, 1.82) is 0 Å². The second-order valence-electron chi connectivity index (χ2n) is 3.18. The lowest BCUT2D eigenvalue weighted by molar-refractivity contribution is 0.362. The predicted octanol–water partition coefficient (Wildman–Crippen LogP) is 2.23. The SMILES string of the molecule is C=C/C=C\C(N)=C/COc1ccc(N)cc1. The minimum absolute atomic E-state index is 0.428. The molecule has 0 bridgehead atoms. The molecule has 1 rings (SSSR count). The van der Waals surface area contributed by atoms with E-state index in [2.05, 4.69) is 6.58 Å². The Balaban J connectivity index is 2.43. The number of hydrogen-bond acceptors (Lipinski definition) is 3. The zero-order valence-corrected chi connectivity index (χ0v) is 9.10. The topological polar surface area (TPSA) is 61.3 Å². The quantitative estimate of drug-likeness (QED) is 0.586. The van der Waals surface area contributed by atoms with Crippen molar-refractivity contribution in [2.75, 3.05) is 12.3 Å². The summed E-state index contributed by atoms with van der Waals surface area (Å²) < 4.78 is 5.44. The van der Waals surface area contributed by atoms with Gasteiger partial charge >= 0.3 is 0 Å². The molecule has 3 nitrogen and oxygen atoms in total. The van der Waals surface area contributed by atoms with Crippen LogP contribution >= 0.6 is 0 Å². The Hall–Kier alpha value is -2.16. The van der Waals surface area contributed by atoms with Gasteiger partial charge in [0.15, 0.2) is 0 Å². The minimum Gasteiger partial charge on any atom is -0.489 e. The van der Waals surface area contributed by atoms with Gasteiger partial charge in [0, 0.05) is 11.4 Å². The highest BCUT2D eigenvalue weighted by molar-refractivity contribution is 5.41. The van der Waals surface area contributed by atoms with Crippen LogP contribution in [0.1, 0.15) is 0 Å². The van der Waals surface area contributed by atoms with E-state index in [-0.39, 0.29) is 0 Å². The van der Waals surface area contributed by atoms with E-state index in [4.69, 9.17) is 16.2 Å². The molecule has 0 fully saturated rings. The van der Waals surface area contributed by atoms with E-state index in [1.165, 1.54) is 0 Å². The zero-order valence-electron chi connectivity index (χ0n) is 9.10. The van der Waals surface area contributed by atoms with Crippen LogP contribution in [-0.4, -0.2) is 6.61 Å². The average molecular weight is 216 g/mol. The summed E-state index contributed by atoms with van der Waals surface area (Å²) in [5.41, 5.74) is 12.6. The average Bonchev–Trinajstić information content (AvgIpc) is 2.29. The molecule has 0 aliphatic rings. The van der Waals surface area contributed by atoms with Gasteiger partial charge in [-0.3, -0.25) is 0 Å². The Bertz CT molecular complexity index is 391. The highest BCUT2D eigenvalue weighted by Gasteiger charge is 1.91. The number of nitrogens with two attached hydrogens (primary N) is 2. The normalized spacial score (nSPS) is 11.6. The zero-order chi connectivity index (χ0) is 11.8. The Labute approximate surface area is 95.7 Å². The van der Waals surface area contributed by atoms with Crippen LogP contribution in [0.3, 0.4) is 0 Å². The summed E-state index contributed by atoms with van der Waals surface area (Å²) in [5, 5.41) is 0. The van der Waals surface area contributed by atoms with Crippen LogP contribution in [0.5, 0.6) is 5.75 Å². The van der Waals surface area contributed by atoms with Crippen molar-refractivity contribution in [2.24, 2.45) is 5.73 Å². The number of rotatable bonds is 5. The van der Waals surface area contributed by atoms with E-state index in [1.807, 2.05) is 12.1 Å². The maximum Gasteiger partial charge on any atom is 0.119 e. The Morgan fingerprint density at radius 3 is 2.62 bits per heavy atom. The summed E-state index contributed by atoms with van der Waals surface area (Å²) >= 11 is 0. The van der Waals surface area contributed by atoms with Gasteiger partial charge < -0.3 is 16.2 Å². The number of ether oxygens (including phenoxy) is 1. The van der Waals surface area contributed by atoms with Crippen LogP contribution in [0.25, 0.3) is 0 Å². The molecule has 16 heavy (non-hydrogen) atoms. The maximum atomic E-state index is 5.67. The van der Waals surface area contributed by atoms with E-state index in [0.29, 0.717) is 12.3 Å². The van der Waals surface area contributed by atoms with Gasteiger partial charge in [0.05, 0.1) is 0 Å². The smallest absolute Gasteiger partial charge is 0.119 e. The molecule has 0 aromatic heterocycles. The minimum atomic E-state index is 0.428. The van der Waals surface area contributed by atoms with Gasteiger partial charge in [-0.2, -0.15) is 0 Å². The largest absolute Gasteiger partial charge is 0.489 e. The molecule has 0 saturated carbocycles. The lowest BCUT2D eigenvalue weighted by Gasteiger charge is -2.03. The molecule has 0 saturated heterocycles. The number of hydrogen-bond donors (Lipinski definition) is 2. The fraction of sp³-hybridized carbons (Fsp3) is 0.0769. The van der Waals surface area contributed by atoms with E-state index in [1.54, 1.807) is 36.4 Å². The van der Waals surface area contributed by atoms with Gasteiger partial charge in [0.2, 0.25) is 0 Å². The van der Waals surface area contributed by atoms with Crippen molar-refractivity contribution in [3.05, 3.63) is 60.8 Å². The molecule has 0 atom stereocenters. The van der Waals surface area contributed by atoms with Gasteiger partial charge in [-0.1, -0.05) is 18.7 Å². The number of allylic oxidation sites excluding steroid dienone is 3. The second-order valence-corrected chi connectivity index (χ2v) is 3.18. The van der Waals surface area contributed by atoms with Crippen molar-refractivity contribution in [1.82, 2.24) is 0 Å². The summed E-state index contributed by atoms with van der Waals surface area (Å²) in [7, 11) is 0. The molecule has 3 heteroatoms. The molecular formula is C13H16N2O. The fourth-order valence-corrected chi connectivity index (χ4v) is 1.05. The second kappa shape index (κ2) is 6.35. The molecule has 84 valence electrons. The van der Waals surface area contributed by atoms with Gasteiger partial charge in [-0.05, 0) is 36.4 Å². The Kier molecular flexibility index (Phi) is 4.73. The molecule has 0 spiro atoms. The van der Waals surface area contributed by atoms with Crippen LogP contribution in [0.2, 0.25) is 0 Å². The molecule has 1 aromatic rings. The highest BCUT2D eigenvalue weighted by Crippen LogP contribution is 2.12. The monoisotopic (exact) mass is 216 g/mol. The van der Waals surface area contributed by atoms with Crippen LogP contribution in [-0.2, 0) is 0 Å². The molecule has 0 amide bonds. The van der Waals surface area contributed by atoms with Crippen molar-refractivity contribution in [3.8, 4) is 5.75 Å². The highest BCUT2D eigenvalue weighted by atomic mass is 16.5. The first kappa shape index (κ1) is 11.9. The first-order valence-electron chi connectivity index (χ1n) is 4.95. The molecule has 0 aliphatic heterocycles. The van der Waals surface area contributed by atoms with E-state index < -0.39 is 0 Å². The summed E-state index contributed by atoms with van der Waals surface area (Å²) in [5.74, 6) is 0.769. The number of benzene rings is 1. The molecular weight excluding hydrogens is 200 g/mol. The molecule has 4 N–H and O–H groups in total. The number of anilines is 1. The summed E-state index contributed by atoms with van der Waals surface area (Å²) in [6, 6.07) is 7.22. The van der Waals surface area contributed by atoms with Crippen molar-refractivity contribution >= 4 is 5.69 Å². The summed E-state index contributed by atoms with van der Waals surface area (Å²) in [4.78, 5) is 0. The Morgan fingerprint density at radius 2 is 2.00 bits per heavy atom. The van der Waals surface area contributed by atoms with Gasteiger partial charge in [-0.15, -0.1) is 0 Å². The molecule has 0 radical (unpaired) electrons. The number of nitrogen functional groups attached to an aromatic ring is 1. The third-order valence-electron chi connectivity index (χ3n) is 1.87. The van der Waals surface area contributed by atoms with Crippen LogP contribution in [0.4, 0.5) is 5.69 Å². The van der Waals surface area contributed by atoms with Crippen LogP contribution in [0.15, 0.2) is 60.8 Å². The van der Waals surface area contributed by atoms with E-state index in [0.717, 1.165) is 11.4 Å². The van der Waals surface area contributed by atoms with Crippen LogP contribution < -0.4 is 16.2 Å². The van der Waals surface area contributed by atoms with Gasteiger partial charge in [0.1, 0.15) is 12.4 Å². The first-order chi connectivity index (χ1) is 7.72. The van der Waals surface area contributed by atoms with Crippen molar-refractivity contribution in [3.63, 3.8) is 0 Å². The lowest BCUT2D eigenvalue weighted by atomic mass is 10.3. The van der Waals surface area contributed by atoms with E-state index >= 15 is 0 Å². The standard InChI is InChI=1S/C13H16N2O/c1-2-3-4-11(14)9-10-16-13-7-5-12(15)6-8-13/h2-9H,1,10,14-15H2/b4-3-,11-9+. The Morgan fingerprint density at radius 1 is 1.31 bits per heavy atom. The lowest BCUT2D eigenvalue weighted by Crippen LogP contribution is -1.99. The molecule has 0 aliphatic carbocycles. The van der Waals surface area contributed by atoms with Crippen LogP contribution in [0, 0.1) is 0 Å². The predicted molar refractivity (Wildman–Crippen MR) is 68.0 cm³/mol. The molecule has 1 aromatic carbocycles. The van der Waals surface area contributed by atoms with Crippen molar-refractivity contribution in [2.45, 2.75) is 0 Å².